The lowest BCUT2D eigenvalue weighted by atomic mass is 10.2. The first-order valence-electron chi connectivity index (χ1n) is 4.94. The quantitative estimate of drug-likeness (QED) is 0.610. The number of rotatable bonds is 3. The number of nitro groups is 2. The summed E-state index contributed by atoms with van der Waals surface area (Å²) in [4.78, 5) is 20.2. The molecule has 2 rings (SSSR count). The first-order valence-corrected chi connectivity index (χ1v) is 4.94. The second-order valence-electron chi connectivity index (χ2n) is 3.62. The normalized spacial score (nSPS) is 10.3. The number of benzene rings is 1. The summed E-state index contributed by atoms with van der Waals surface area (Å²) in [5, 5.41) is 25.1. The molecule has 0 bridgehead atoms. The van der Waals surface area contributed by atoms with Gasteiger partial charge >= 0.3 is 5.82 Å². The fraction of sp³-hybridized carbons (Fsp3) is 0.100. The lowest BCUT2D eigenvalue weighted by Crippen LogP contribution is -2.01. The van der Waals surface area contributed by atoms with E-state index in [-0.39, 0.29) is 17.2 Å². The van der Waals surface area contributed by atoms with E-state index < -0.39 is 9.85 Å². The summed E-state index contributed by atoms with van der Waals surface area (Å²) in [6.07, 6.45) is 1.32. The molecule has 0 N–H and O–H groups in total. The number of nitrogens with zero attached hydrogens (tertiary/aromatic N) is 4. The fourth-order valence-electron chi connectivity index (χ4n) is 1.52. The van der Waals surface area contributed by atoms with Crippen LogP contribution in [0.1, 0.15) is 5.56 Å². The summed E-state index contributed by atoms with van der Waals surface area (Å²) in [6.45, 7) is 1.72. The van der Waals surface area contributed by atoms with Crippen LogP contribution in [0.2, 0.25) is 0 Å². The Labute approximate surface area is 101 Å². The molecule has 0 radical (unpaired) electrons. The minimum Gasteiger partial charge on any atom is -0.358 e. The molecular formula is C10H8N4O4. The van der Waals surface area contributed by atoms with E-state index in [1.807, 2.05) is 0 Å². The maximum Gasteiger partial charge on any atom is 0.390 e. The van der Waals surface area contributed by atoms with Crippen molar-refractivity contribution in [1.29, 1.82) is 0 Å². The van der Waals surface area contributed by atoms with Gasteiger partial charge in [-0.3, -0.25) is 10.1 Å². The number of hydrogen-bond acceptors (Lipinski definition) is 5. The van der Waals surface area contributed by atoms with Crippen LogP contribution in [0.4, 0.5) is 11.5 Å². The summed E-state index contributed by atoms with van der Waals surface area (Å²) in [5.74, 6) is -0.357. The van der Waals surface area contributed by atoms with Gasteiger partial charge in [0.15, 0.2) is 5.69 Å². The summed E-state index contributed by atoms with van der Waals surface area (Å²) in [7, 11) is 0. The topological polar surface area (TPSA) is 104 Å². The van der Waals surface area contributed by atoms with Crippen LogP contribution in [0.25, 0.3) is 5.69 Å². The van der Waals surface area contributed by atoms with Crippen LogP contribution < -0.4 is 0 Å². The van der Waals surface area contributed by atoms with Gasteiger partial charge in [-0.2, -0.15) is 0 Å². The lowest BCUT2D eigenvalue weighted by Gasteiger charge is -2.00. The van der Waals surface area contributed by atoms with Gasteiger partial charge in [-0.1, -0.05) is 6.07 Å². The van der Waals surface area contributed by atoms with Crippen LogP contribution in [0.5, 0.6) is 0 Å². The zero-order valence-corrected chi connectivity index (χ0v) is 9.31. The highest BCUT2D eigenvalue weighted by molar-refractivity contribution is 5.53. The van der Waals surface area contributed by atoms with Crippen molar-refractivity contribution in [3.8, 4) is 5.69 Å². The van der Waals surface area contributed by atoms with E-state index in [4.69, 9.17) is 0 Å². The summed E-state index contributed by atoms with van der Waals surface area (Å²) in [6, 6.07) is 5.76. The van der Waals surface area contributed by atoms with E-state index in [0.29, 0.717) is 0 Å². The predicted molar refractivity (Wildman–Crippen MR) is 61.6 cm³/mol. The average molecular weight is 248 g/mol. The molecule has 0 aliphatic carbocycles. The van der Waals surface area contributed by atoms with Gasteiger partial charge in [0.25, 0.3) is 5.69 Å². The Morgan fingerprint density at radius 3 is 2.44 bits per heavy atom. The van der Waals surface area contributed by atoms with Crippen molar-refractivity contribution in [2.24, 2.45) is 0 Å². The Balaban J connectivity index is 2.55. The molecule has 0 aliphatic rings. The van der Waals surface area contributed by atoms with Gasteiger partial charge in [-0.15, -0.1) is 4.68 Å². The standard InChI is InChI=1S/C10H8N4O4/c1-7-2-3-8(9(6-7)13(15)16)12-5-4-10(11-12)14(17)18/h2-6H,1H3. The molecule has 0 fully saturated rings. The molecule has 0 saturated carbocycles. The third-order valence-electron chi connectivity index (χ3n) is 2.34. The third-order valence-corrected chi connectivity index (χ3v) is 2.34. The number of aromatic nitrogens is 2. The van der Waals surface area contributed by atoms with E-state index in [1.165, 1.54) is 24.4 Å². The van der Waals surface area contributed by atoms with E-state index in [2.05, 4.69) is 5.10 Å². The van der Waals surface area contributed by atoms with Crippen molar-refractivity contribution < 1.29 is 9.85 Å². The maximum atomic E-state index is 10.9. The highest BCUT2D eigenvalue weighted by Gasteiger charge is 2.20. The van der Waals surface area contributed by atoms with Gasteiger partial charge in [0, 0.05) is 6.07 Å². The minimum atomic E-state index is -0.656. The van der Waals surface area contributed by atoms with Gasteiger partial charge in [0.2, 0.25) is 0 Å². The van der Waals surface area contributed by atoms with Gasteiger partial charge in [-0.25, -0.2) is 0 Å². The molecule has 1 aromatic carbocycles. The smallest absolute Gasteiger partial charge is 0.358 e. The van der Waals surface area contributed by atoms with Crippen LogP contribution in [0, 0.1) is 27.2 Å². The second kappa shape index (κ2) is 4.24. The Kier molecular flexibility index (Phi) is 2.76. The van der Waals surface area contributed by atoms with E-state index in [9.17, 15) is 20.2 Å². The predicted octanol–water partition coefficient (Wildman–Crippen LogP) is 2.00. The Hall–Kier alpha value is -2.77. The zero-order valence-electron chi connectivity index (χ0n) is 9.31. The first-order chi connectivity index (χ1) is 8.49. The Bertz CT molecular complexity index is 635. The Morgan fingerprint density at radius 2 is 1.89 bits per heavy atom. The largest absolute Gasteiger partial charge is 0.390 e. The number of aryl methyl sites for hydroxylation is 1. The molecule has 0 saturated heterocycles. The molecule has 92 valence electrons. The molecular weight excluding hydrogens is 240 g/mol. The summed E-state index contributed by atoms with van der Waals surface area (Å²) < 4.78 is 1.12. The van der Waals surface area contributed by atoms with Crippen molar-refractivity contribution in [1.82, 2.24) is 9.78 Å². The maximum absolute atomic E-state index is 10.9. The lowest BCUT2D eigenvalue weighted by molar-refractivity contribution is -0.389. The van der Waals surface area contributed by atoms with Crippen molar-refractivity contribution in [2.75, 3.05) is 0 Å². The molecule has 0 spiro atoms. The van der Waals surface area contributed by atoms with E-state index >= 15 is 0 Å². The summed E-state index contributed by atoms with van der Waals surface area (Å²) in [5.41, 5.74) is 0.777. The molecule has 0 aliphatic heterocycles. The first kappa shape index (κ1) is 11.7. The van der Waals surface area contributed by atoms with Gasteiger partial charge in [0.1, 0.15) is 0 Å². The monoisotopic (exact) mass is 248 g/mol. The van der Waals surface area contributed by atoms with Crippen molar-refractivity contribution in [3.05, 3.63) is 56.3 Å². The summed E-state index contributed by atoms with van der Waals surface area (Å²) >= 11 is 0. The molecule has 1 aromatic heterocycles. The average Bonchev–Trinajstić information content (AvgIpc) is 2.78. The minimum absolute atomic E-state index is 0.145. The van der Waals surface area contributed by atoms with E-state index in [0.717, 1.165) is 10.2 Å². The number of hydrogen-bond donors (Lipinski definition) is 0. The molecule has 18 heavy (non-hydrogen) atoms. The number of nitro benzene ring substituents is 1. The van der Waals surface area contributed by atoms with Gasteiger partial charge < -0.3 is 10.1 Å². The van der Waals surface area contributed by atoms with Crippen LogP contribution in [0.15, 0.2) is 30.5 Å². The highest BCUT2D eigenvalue weighted by atomic mass is 16.6. The van der Waals surface area contributed by atoms with Crippen LogP contribution in [-0.4, -0.2) is 19.6 Å². The third kappa shape index (κ3) is 2.03. The SMILES string of the molecule is Cc1ccc(-n2ccc([N+](=O)[O-])n2)c([N+](=O)[O-])c1. The fourth-order valence-corrected chi connectivity index (χ4v) is 1.52. The Morgan fingerprint density at radius 1 is 1.17 bits per heavy atom. The van der Waals surface area contributed by atoms with Crippen LogP contribution in [0.3, 0.4) is 0 Å². The molecule has 8 nitrogen and oxygen atoms in total. The van der Waals surface area contributed by atoms with Crippen LogP contribution in [-0.2, 0) is 0 Å². The van der Waals surface area contributed by atoms with Crippen molar-refractivity contribution >= 4 is 11.5 Å². The van der Waals surface area contributed by atoms with Gasteiger partial charge in [0.05, 0.1) is 22.3 Å². The highest BCUT2D eigenvalue weighted by Crippen LogP contribution is 2.24. The molecule has 2 aromatic rings. The van der Waals surface area contributed by atoms with Crippen LogP contribution >= 0.6 is 0 Å². The van der Waals surface area contributed by atoms with Crippen molar-refractivity contribution in [2.45, 2.75) is 6.92 Å². The molecule has 0 unspecified atom stereocenters. The van der Waals surface area contributed by atoms with Crippen molar-refractivity contribution in [3.63, 3.8) is 0 Å². The molecule has 1 heterocycles. The molecule has 8 heteroatoms. The second-order valence-corrected chi connectivity index (χ2v) is 3.62. The van der Waals surface area contributed by atoms with Gasteiger partial charge in [-0.05, 0) is 23.5 Å². The van der Waals surface area contributed by atoms with E-state index in [1.54, 1.807) is 13.0 Å². The molecule has 0 amide bonds. The zero-order chi connectivity index (χ0) is 13.3. The molecule has 0 atom stereocenters.